The summed E-state index contributed by atoms with van der Waals surface area (Å²) in [6, 6.07) is 57.8. The lowest BCUT2D eigenvalue weighted by molar-refractivity contribution is 1.08. The van der Waals surface area contributed by atoms with Crippen molar-refractivity contribution < 1.29 is 0 Å². The molecule has 3 nitrogen and oxygen atoms in total. The lowest BCUT2D eigenvalue weighted by atomic mass is 9.96. The van der Waals surface area contributed by atoms with Crippen LogP contribution in [-0.2, 0) is 0 Å². The summed E-state index contributed by atoms with van der Waals surface area (Å²) in [5.41, 5.74) is 7.76. The minimum Gasteiger partial charge on any atom is -0.208 e. The van der Waals surface area contributed by atoms with E-state index in [2.05, 4.69) is 127 Å². The first-order valence-electron chi connectivity index (χ1n) is 16.6. The van der Waals surface area contributed by atoms with Gasteiger partial charge in [-0.1, -0.05) is 140 Å². The summed E-state index contributed by atoms with van der Waals surface area (Å²) in [5, 5.41) is 4.98. The number of rotatable bonds is 5. The van der Waals surface area contributed by atoms with Crippen LogP contribution in [0.3, 0.4) is 0 Å². The van der Waals surface area contributed by atoms with E-state index in [9.17, 15) is 0 Å². The molecular formula is C45H27N3S2. The number of nitrogens with zero attached hydrogens (tertiary/aromatic N) is 3. The summed E-state index contributed by atoms with van der Waals surface area (Å²) in [6.45, 7) is 0. The first kappa shape index (κ1) is 29.0. The average Bonchev–Trinajstić information content (AvgIpc) is 3.77. The summed E-state index contributed by atoms with van der Waals surface area (Å²) in [5.74, 6) is 1.98. The molecule has 10 aromatic rings. The van der Waals surface area contributed by atoms with Crippen molar-refractivity contribution in [3.05, 3.63) is 164 Å². The highest BCUT2D eigenvalue weighted by Gasteiger charge is 2.21. The van der Waals surface area contributed by atoms with Gasteiger partial charge in [-0.15, -0.1) is 22.7 Å². The van der Waals surface area contributed by atoms with Gasteiger partial charge in [-0.05, 0) is 46.5 Å². The molecule has 0 saturated carbocycles. The topological polar surface area (TPSA) is 38.7 Å². The van der Waals surface area contributed by atoms with Crippen molar-refractivity contribution in [2.45, 2.75) is 0 Å². The number of benzene rings is 7. The molecule has 234 valence electrons. The molecule has 0 aliphatic rings. The number of fused-ring (bicyclic) bond motifs is 6. The van der Waals surface area contributed by atoms with E-state index in [4.69, 9.17) is 15.0 Å². The number of hydrogen-bond donors (Lipinski definition) is 0. The van der Waals surface area contributed by atoms with Gasteiger partial charge in [0.15, 0.2) is 17.5 Å². The Balaban J connectivity index is 1.26. The monoisotopic (exact) mass is 673 g/mol. The van der Waals surface area contributed by atoms with E-state index < -0.39 is 0 Å². The van der Waals surface area contributed by atoms with E-state index >= 15 is 0 Å². The average molecular weight is 674 g/mol. The van der Waals surface area contributed by atoms with Crippen LogP contribution in [-0.4, -0.2) is 15.0 Å². The normalized spacial score (nSPS) is 11.6. The maximum atomic E-state index is 5.16. The smallest absolute Gasteiger partial charge is 0.164 e. The van der Waals surface area contributed by atoms with E-state index in [-0.39, 0.29) is 0 Å². The van der Waals surface area contributed by atoms with Crippen LogP contribution in [0.4, 0.5) is 0 Å². The van der Waals surface area contributed by atoms with Crippen LogP contribution in [0.25, 0.3) is 96.8 Å². The van der Waals surface area contributed by atoms with Crippen LogP contribution in [0.15, 0.2) is 164 Å². The van der Waals surface area contributed by atoms with Crippen LogP contribution < -0.4 is 0 Å². The molecule has 7 aromatic carbocycles. The second kappa shape index (κ2) is 11.8. The molecule has 3 aromatic heterocycles. The van der Waals surface area contributed by atoms with Gasteiger partial charge in [-0.2, -0.15) is 0 Å². The fraction of sp³-hybridized carbons (Fsp3) is 0. The SMILES string of the molecule is c1ccc(-c2nc(-c3ccccc3)nc(-c3ccc(-c4ccccc4)c4sc5c(-c6ccc7sc8ccccc8c7c6)cccc5c34)n2)cc1. The Kier molecular flexibility index (Phi) is 6.86. The summed E-state index contributed by atoms with van der Waals surface area (Å²) in [6.07, 6.45) is 0. The van der Waals surface area contributed by atoms with Crippen molar-refractivity contribution in [3.63, 3.8) is 0 Å². The zero-order valence-electron chi connectivity index (χ0n) is 26.7. The van der Waals surface area contributed by atoms with Gasteiger partial charge in [0.25, 0.3) is 0 Å². The van der Waals surface area contributed by atoms with Crippen molar-refractivity contribution in [1.82, 2.24) is 15.0 Å². The minimum atomic E-state index is 0.659. The van der Waals surface area contributed by atoms with Gasteiger partial charge < -0.3 is 0 Å². The third-order valence-corrected chi connectivity index (χ3v) is 11.8. The van der Waals surface area contributed by atoms with Crippen molar-refractivity contribution in [1.29, 1.82) is 0 Å². The van der Waals surface area contributed by atoms with Crippen LogP contribution in [0.2, 0.25) is 0 Å². The zero-order chi connectivity index (χ0) is 33.0. The Morgan fingerprint density at radius 3 is 1.60 bits per heavy atom. The Morgan fingerprint density at radius 2 is 0.880 bits per heavy atom. The van der Waals surface area contributed by atoms with Gasteiger partial charge in [0.05, 0.1) is 0 Å². The lowest BCUT2D eigenvalue weighted by Crippen LogP contribution is -2.00. The van der Waals surface area contributed by atoms with E-state index in [1.54, 1.807) is 0 Å². The van der Waals surface area contributed by atoms with E-state index in [0.717, 1.165) is 16.7 Å². The lowest BCUT2D eigenvalue weighted by Gasteiger charge is -2.11. The second-order valence-electron chi connectivity index (χ2n) is 12.4. The quantitative estimate of drug-likeness (QED) is 0.182. The molecule has 0 unspecified atom stereocenters. The van der Waals surface area contributed by atoms with Crippen LogP contribution in [0.5, 0.6) is 0 Å². The van der Waals surface area contributed by atoms with Crippen molar-refractivity contribution in [2.24, 2.45) is 0 Å². The number of hydrogen-bond acceptors (Lipinski definition) is 5. The molecule has 0 aliphatic heterocycles. The highest BCUT2D eigenvalue weighted by molar-refractivity contribution is 7.27. The Hall–Kier alpha value is -6.01. The first-order valence-corrected chi connectivity index (χ1v) is 18.2. The standard InChI is InChI=1S/C45H27N3S2/c1-4-13-28(14-5-1)33-24-25-36(45-47-43(29-15-6-2-7-16-29)46-44(48-45)30-17-8-3-9-18-30)40-35-21-12-20-32(41(35)50-42(33)40)31-23-26-39-37(27-31)34-19-10-11-22-38(34)49-39/h1-27H. The van der Waals surface area contributed by atoms with Crippen molar-refractivity contribution >= 4 is 63.0 Å². The number of aromatic nitrogens is 3. The van der Waals surface area contributed by atoms with Gasteiger partial charge in [0.2, 0.25) is 0 Å². The van der Waals surface area contributed by atoms with E-state index in [1.807, 2.05) is 59.1 Å². The van der Waals surface area contributed by atoms with E-state index in [0.29, 0.717) is 17.5 Å². The maximum absolute atomic E-state index is 5.16. The van der Waals surface area contributed by atoms with E-state index in [1.165, 1.54) is 62.6 Å². The maximum Gasteiger partial charge on any atom is 0.164 e. The molecule has 0 atom stereocenters. The summed E-state index contributed by atoms with van der Waals surface area (Å²) >= 11 is 3.71. The van der Waals surface area contributed by atoms with Crippen LogP contribution in [0.1, 0.15) is 0 Å². The molecule has 10 rings (SSSR count). The molecule has 0 radical (unpaired) electrons. The Morgan fingerprint density at radius 1 is 0.320 bits per heavy atom. The van der Waals surface area contributed by atoms with Crippen LogP contribution >= 0.6 is 22.7 Å². The largest absolute Gasteiger partial charge is 0.208 e. The molecule has 50 heavy (non-hydrogen) atoms. The predicted octanol–water partition coefficient (Wildman–Crippen LogP) is 12.9. The predicted molar refractivity (Wildman–Crippen MR) is 213 cm³/mol. The molecule has 0 aliphatic carbocycles. The van der Waals surface area contributed by atoms with Crippen molar-refractivity contribution in [3.8, 4) is 56.4 Å². The summed E-state index contributed by atoms with van der Waals surface area (Å²) < 4.78 is 5.11. The molecule has 0 bridgehead atoms. The Labute approximate surface area is 296 Å². The Bertz CT molecular complexity index is 2800. The molecular weight excluding hydrogens is 647 g/mol. The van der Waals surface area contributed by atoms with Gasteiger partial charge in [0, 0.05) is 57.0 Å². The molecule has 0 amide bonds. The molecule has 0 N–H and O–H groups in total. The molecule has 0 spiro atoms. The van der Waals surface area contributed by atoms with Gasteiger partial charge in [-0.3, -0.25) is 0 Å². The summed E-state index contributed by atoms with van der Waals surface area (Å²) in [7, 11) is 0. The number of thiophene rings is 2. The van der Waals surface area contributed by atoms with Gasteiger partial charge in [0.1, 0.15) is 0 Å². The highest BCUT2D eigenvalue weighted by Crippen LogP contribution is 2.48. The molecule has 3 heterocycles. The fourth-order valence-corrected chi connectivity index (χ4v) is 9.47. The third-order valence-electron chi connectivity index (χ3n) is 9.36. The molecule has 0 saturated heterocycles. The van der Waals surface area contributed by atoms with Crippen LogP contribution in [0, 0.1) is 0 Å². The second-order valence-corrected chi connectivity index (χ2v) is 14.5. The summed E-state index contributed by atoms with van der Waals surface area (Å²) in [4.78, 5) is 15.3. The van der Waals surface area contributed by atoms with Gasteiger partial charge >= 0.3 is 0 Å². The third kappa shape index (κ3) is 4.82. The fourth-order valence-electron chi connectivity index (χ4n) is 6.98. The highest BCUT2D eigenvalue weighted by atomic mass is 32.1. The molecule has 0 fully saturated rings. The van der Waals surface area contributed by atoms with Crippen molar-refractivity contribution in [2.75, 3.05) is 0 Å². The molecule has 5 heteroatoms. The minimum absolute atomic E-state index is 0.659. The van der Waals surface area contributed by atoms with Gasteiger partial charge in [-0.25, -0.2) is 15.0 Å². The first-order chi connectivity index (χ1) is 24.8. The zero-order valence-corrected chi connectivity index (χ0v) is 28.4.